The summed E-state index contributed by atoms with van der Waals surface area (Å²) in [6.45, 7) is 5.80. The number of benzene rings is 1. The molecule has 0 spiro atoms. The van der Waals surface area contributed by atoms with Crippen LogP contribution in [0.25, 0.3) is 0 Å². The second-order valence-corrected chi connectivity index (χ2v) is 6.72. The summed E-state index contributed by atoms with van der Waals surface area (Å²) < 4.78 is 1.16. The maximum atomic E-state index is 3.77. The van der Waals surface area contributed by atoms with Gasteiger partial charge in [0.15, 0.2) is 0 Å². The van der Waals surface area contributed by atoms with E-state index in [0.29, 0.717) is 11.5 Å². The van der Waals surface area contributed by atoms with E-state index in [1.54, 1.807) is 0 Å². The van der Waals surface area contributed by atoms with Gasteiger partial charge in [-0.25, -0.2) is 0 Å². The monoisotopic (exact) mass is 309 g/mol. The minimum atomic E-state index is 0.434. The molecule has 0 saturated heterocycles. The van der Waals surface area contributed by atoms with E-state index in [4.69, 9.17) is 0 Å². The molecule has 1 aromatic carbocycles. The van der Waals surface area contributed by atoms with Crippen molar-refractivity contribution in [2.45, 2.75) is 52.0 Å². The van der Waals surface area contributed by atoms with E-state index in [-0.39, 0.29) is 0 Å². The molecular formula is C16H24BrN. The normalized spacial score (nSPS) is 19.9. The zero-order chi connectivity index (χ0) is 13.0. The highest BCUT2D eigenvalue weighted by atomic mass is 79.9. The summed E-state index contributed by atoms with van der Waals surface area (Å²) in [5.74, 6) is 0. The maximum Gasteiger partial charge on any atom is 0.0374 e. The van der Waals surface area contributed by atoms with E-state index < -0.39 is 0 Å². The van der Waals surface area contributed by atoms with E-state index in [0.717, 1.165) is 11.0 Å². The Labute approximate surface area is 119 Å². The molecule has 1 N–H and O–H groups in total. The number of hydrogen-bond donors (Lipinski definition) is 1. The Morgan fingerprint density at radius 1 is 1.22 bits per heavy atom. The lowest BCUT2D eigenvalue weighted by molar-refractivity contribution is 0.223. The van der Waals surface area contributed by atoms with Gasteiger partial charge in [0.2, 0.25) is 0 Å². The van der Waals surface area contributed by atoms with Crippen molar-refractivity contribution < 1.29 is 0 Å². The van der Waals surface area contributed by atoms with Gasteiger partial charge in [-0.05, 0) is 48.9 Å². The van der Waals surface area contributed by atoms with Crippen LogP contribution in [0.1, 0.15) is 57.6 Å². The van der Waals surface area contributed by atoms with Crippen molar-refractivity contribution in [2.75, 3.05) is 6.54 Å². The number of halogens is 1. The number of rotatable bonds is 5. The highest BCUT2D eigenvalue weighted by molar-refractivity contribution is 9.10. The summed E-state index contributed by atoms with van der Waals surface area (Å²) in [6, 6.07) is 9.36. The highest BCUT2D eigenvalue weighted by Gasteiger charge is 2.37. The lowest BCUT2D eigenvalue weighted by Crippen LogP contribution is -2.35. The van der Waals surface area contributed by atoms with Crippen LogP contribution in [0.4, 0.5) is 0 Å². The summed E-state index contributed by atoms with van der Waals surface area (Å²) in [5, 5.41) is 3.77. The molecule has 0 radical (unpaired) electrons. The maximum absolute atomic E-state index is 3.77. The van der Waals surface area contributed by atoms with Crippen molar-refractivity contribution in [2.24, 2.45) is 5.41 Å². The highest BCUT2D eigenvalue weighted by Crippen LogP contribution is 2.47. The molecule has 1 atom stereocenters. The van der Waals surface area contributed by atoms with E-state index >= 15 is 0 Å². The lowest BCUT2D eigenvalue weighted by Gasteiger charge is -2.35. The lowest BCUT2D eigenvalue weighted by atomic mass is 9.77. The van der Waals surface area contributed by atoms with Crippen molar-refractivity contribution in [1.29, 1.82) is 0 Å². The van der Waals surface area contributed by atoms with Crippen molar-refractivity contribution in [3.05, 3.63) is 34.3 Å². The third-order valence-electron chi connectivity index (χ3n) is 4.24. The first-order valence-corrected chi connectivity index (χ1v) is 7.94. The minimum absolute atomic E-state index is 0.434. The van der Waals surface area contributed by atoms with Crippen LogP contribution in [0, 0.1) is 5.41 Å². The van der Waals surface area contributed by atoms with Crippen molar-refractivity contribution in [1.82, 2.24) is 5.32 Å². The molecule has 0 amide bonds. The summed E-state index contributed by atoms with van der Waals surface area (Å²) in [5.41, 5.74) is 1.87. The molecule has 0 aromatic heterocycles. The Bertz CT molecular complexity index is 365. The quantitative estimate of drug-likeness (QED) is 0.800. The summed E-state index contributed by atoms with van der Waals surface area (Å²) in [4.78, 5) is 0. The average molecular weight is 310 g/mol. The van der Waals surface area contributed by atoms with E-state index in [9.17, 15) is 0 Å². The number of nitrogens with one attached hydrogen (secondary N) is 1. The van der Waals surface area contributed by atoms with Crippen LogP contribution in [0.3, 0.4) is 0 Å². The van der Waals surface area contributed by atoms with Crippen molar-refractivity contribution in [3.63, 3.8) is 0 Å². The molecule has 0 bridgehead atoms. The van der Waals surface area contributed by atoms with Gasteiger partial charge in [0.05, 0.1) is 0 Å². The van der Waals surface area contributed by atoms with Crippen LogP contribution in [-0.4, -0.2) is 6.54 Å². The zero-order valence-electron chi connectivity index (χ0n) is 11.5. The summed E-state index contributed by atoms with van der Waals surface area (Å²) in [7, 11) is 0. The molecule has 1 fully saturated rings. The SMILES string of the molecule is CCCNC(c1ccc(Br)cc1)C1(C)CCCC1. The van der Waals surface area contributed by atoms with Crippen molar-refractivity contribution in [3.8, 4) is 0 Å². The Balaban J connectivity index is 2.21. The second-order valence-electron chi connectivity index (χ2n) is 5.80. The molecule has 0 aliphatic heterocycles. The van der Waals surface area contributed by atoms with Gasteiger partial charge in [-0.1, -0.05) is 54.8 Å². The van der Waals surface area contributed by atoms with Gasteiger partial charge in [-0.3, -0.25) is 0 Å². The van der Waals surface area contributed by atoms with Crippen LogP contribution < -0.4 is 5.32 Å². The van der Waals surface area contributed by atoms with Crippen LogP contribution in [0.15, 0.2) is 28.7 Å². The first-order valence-electron chi connectivity index (χ1n) is 7.14. The fraction of sp³-hybridized carbons (Fsp3) is 0.625. The predicted molar refractivity (Wildman–Crippen MR) is 81.8 cm³/mol. The third kappa shape index (κ3) is 3.16. The molecular weight excluding hydrogens is 286 g/mol. The van der Waals surface area contributed by atoms with Gasteiger partial charge >= 0.3 is 0 Å². The van der Waals surface area contributed by atoms with Crippen LogP contribution in [-0.2, 0) is 0 Å². The molecule has 1 aliphatic rings. The molecule has 1 unspecified atom stereocenters. The third-order valence-corrected chi connectivity index (χ3v) is 4.77. The van der Waals surface area contributed by atoms with Crippen LogP contribution in [0.2, 0.25) is 0 Å². The molecule has 1 nitrogen and oxygen atoms in total. The van der Waals surface area contributed by atoms with Crippen LogP contribution >= 0.6 is 15.9 Å². The average Bonchev–Trinajstić information content (AvgIpc) is 2.80. The van der Waals surface area contributed by atoms with E-state index in [1.807, 2.05) is 0 Å². The van der Waals surface area contributed by atoms with Gasteiger partial charge < -0.3 is 5.32 Å². The molecule has 2 heteroatoms. The molecule has 1 saturated carbocycles. The number of hydrogen-bond acceptors (Lipinski definition) is 1. The first kappa shape index (κ1) is 14.1. The smallest absolute Gasteiger partial charge is 0.0374 e. The van der Waals surface area contributed by atoms with Gasteiger partial charge in [0.1, 0.15) is 0 Å². The minimum Gasteiger partial charge on any atom is -0.309 e. The fourth-order valence-electron chi connectivity index (χ4n) is 3.18. The molecule has 18 heavy (non-hydrogen) atoms. The van der Waals surface area contributed by atoms with Gasteiger partial charge in [-0.2, -0.15) is 0 Å². The summed E-state index contributed by atoms with van der Waals surface area (Å²) in [6.07, 6.45) is 6.67. The predicted octanol–water partition coefficient (Wildman–Crippen LogP) is 5.07. The molecule has 1 aliphatic carbocycles. The topological polar surface area (TPSA) is 12.0 Å². The Hall–Kier alpha value is -0.340. The Morgan fingerprint density at radius 3 is 2.39 bits per heavy atom. The molecule has 100 valence electrons. The van der Waals surface area contributed by atoms with E-state index in [2.05, 4.69) is 59.4 Å². The second kappa shape index (κ2) is 6.21. The van der Waals surface area contributed by atoms with E-state index in [1.165, 1.54) is 37.7 Å². The van der Waals surface area contributed by atoms with Crippen molar-refractivity contribution >= 4 is 15.9 Å². The van der Waals surface area contributed by atoms with Gasteiger partial charge in [0, 0.05) is 10.5 Å². The van der Waals surface area contributed by atoms with Crippen LogP contribution in [0.5, 0.6) is 0 Å². The van der Waals surface area contributed by atoms with Gasteiger partial charge in [0.25, 0.3) is 0 Å². The first-order chi connectivity index (χ1) is 8.65. The zero-order valence-corrected chi connectivity index (χ0v) is 13.1. The largest absolute Gasteiger partial charge is 0.309 e. The molecule has 0 heterocycles. The standard InChI is InChI=1S/C16H24BrN/c1-3-12-18-15(16(2)10-4-5-11-16)13-6-8-14(17)9-7-13/h6-9,15,18H,3-5,10-12H2,1-2H3. The molecule has 2 rings (SSSR count). The summed E-state index contributed by atoms with van der Waals surface area (Å²) >= 11 is 3.52. The molecule has 1 aromatic rings. The van der Waals surface area contributed by atoms with Gasteiger partial charge in [-0.15, -0.1) is 0 Å². The Kier molecular flexibility index (Phi) is 4.85. The fourth-order valence-corrected chi connectivity index (χ4v) is 3.45. The Morgan fingerprint density at radius 2 is 1.83 bits per heavy atom.